The van der Waals surface area contributed by atoms with Crippen molar-refractivity contribution in [1.82, 2.24) is 15.3 Å². The van der Waals surface area contributed by atoms with Crippen LogP contribution in [0.2, 0.25) is 0 Å². The van der Waals surface area contributed by atoms with Gasteiger partial charge in [0.2, 0.25) is 0 Å². The Kier molecular flexibility index (Phi) is 4.21. The van der Waals surface area contributed by atoms with Gasteiger partial charge in [0.25, 0.3) is 5.91 Å². The predicted octanol–water partition coefficient (Wildman–Crippen LogP) is 0.195. The van der Waals surface area contributed by atoms with Crippen molar-refractivity contribution in [3.63, 3.8) is 0 Å². The van der Waals surface area contributed by atoms with Gasteiger partial charge in [-0.25, -0.2) is 4.79 Å². The fraction of sp³-hybridized carbons (Fsp3) is 0.231. The van der Waals surface area contributed by atoms with Crippen LogP contribution < -0.4 is 5.32 Å². The first-order chi connectivity index (χ1) is 9.63. The lowest BCUT2D eigenvalue weighted by molar-refractivity contribution is -0.139. The molecule has 1 amide bonds. The number of amides is 1. The number of aliphatic hydroxyl groups excluding tert-OH is 1. The fourth-order valence-electron chi connectivity index (χ4n) is 1.80. The van der Waals surface area contributed by atoms with Crippen molar-refractivity contribution < 1.29 is 19.8 Å². The number of aromatic nitrogens is 2. The molecule has 0 aliphatic carbocycles. The van der Waals surface area contributed by atoms with Gasteiger partial charge < -0.3 is 15.5 Å². The van der Waals surface area contributed by atoms with E-state index < -0.39 is 17.9 Å². The Morgan fingerprint density at radius 3 is 2.70 bits per heavy atom. The highest BCUT2D eigenvalue weighted by atomic mass is 16.4. The third-order valence-corrected chi connectivity index (χ3v) is 2.76. The summed E-state index contributed by atoms with van der Waals surface area (Å²) in [4.78, 5) is 31.2. The molecule has 2 rings (SSSR count). The van der Waals surface area contributed by atoms with Crippen molar-refractivity contribution in [3.05, 3.63) is 36.2 Å². The average molecular weight is 275 g/mol. The molecule has 0 aliphatic rings. The highest BCUT2D eigenvalue weighted by molar-refractivity contribution is 6.05. The smallest absolute Gasteiger partial charge is 0.326 e. The zero-order chi connectivity index (χ0) is 14.5. The largest absolute Gasteiger partial charge is 0.480 e. The number of fused-ring (bicyclic) bond motifs is 1. The van der Waals surface area contributed by atoms with Gasteiger partial charge in [-0.3, -0.25) is 14.8 Å². The van der Waals surface area contributed by atoms with E-state index in [1.54, 1.807) is 18.2 Å². The molecule has 0 saturated carbocycles. The molecule has 1 aromatic heterocycles. The summed E-state index contributed by atoms with van der Waals surface area (Å²) in [5, 5.41) is 20.1. The minimum atomic E-state index is -1.20. The molecule has 1 aromatic carbocycles. The van der Waals surface area contributed by atoms with E-state index >= 15 is 0 Å². The van der Waals surface area contributed by atoms with Crippen molar-refractivity contribution >= 4 is 22.9 Å². The number of hydrogen-bond acceptors (Lipinski definition) is 5. The summed E-state index contributed by atoms with van der Waals surface area (Å²) in [7, 11) is 0. The number of carboxylic acids is 1. The van der Waals surface area contributed by atoms with Gasteiger partial charge in [0, 0.05) is 25.4 Å². The molecule has 0 spiro atoms. The Balaban J connectivity index is 2.29. The van der Waals surface area contributed by atoms with Crippen LogP contribution in [0.15, 0.2) is 30.6 Å². The molecule has 20 heavy (non-hydrogen) atoms. The maximum Gasteiger partial charge on any atom is 0.326 e. The van der Waals surface area contributed by atoms with Gasteiger partial charge in [-0.2, -0.15) is 0 Å². The molecule has 3 N–H and O–H groups in total. The van der Waals surface area contributed by atoms with E-state index in [1.165, 1.54) is 12.4 Å². The van der Waals surface area contributed by atoms with E-state index in [0.717, 1.165) is 0 Å². The Morgan fingerprint density at radius 2 is 2.00 bits per heavy atom. The van der Waals surface area contributed by atoms with Crippen molar-refractivity contribution in [3.8, 4) is 0 Å². The number of hydrogen-bond donors (Lipinski definition) is 3. The molecule has 104 valence electrons. The van der Waals surface area contributed by atoms with E-state index in [2.05, 4.69) is 15.3 Å². The highest BCUT2D eigenvalue weighted by Crippen LogP contribution is 2.13. The van der Waals surface area contributed by atoms with Crippen LogP contribution in [0.25, 0.3) is 11.0 Å². The van der Waals surface area contributed by atoms with E-state index in [9.17, 15) is 9.59 Å². The van der Waals surface area contributed by atoms with Crippen molar-refractivity contribution in [2.24, 2.45) is 0 Å². The summed E-state index contributed by atoms with van der Waals surface area (Å²) in [6.07, 6.45) is 2.91. The molecule has 0 bridgehead atoms. The normalized spacial score (nSPS) is 12.1. The molecule has 0 radical (unpaired) electrons. The minimum Gasteiger partial charge on any atom is -0.480 e. The first-order valence-electron chi connectivity index (χ1n) is 5.97. The van der Waals surface area contributed by atoms with Gasteiger partial charge in [-0.15, -0.1) is 0 Å². The number of rotatable bonds is 5. The molecular formula is C13H13N3O4. The molecule has 0 fully saturated rings. The second-order valence-electron chi connectivity index (χ2n) is 4.11. The van der Waals surface area contributed by atoms with Crippen LogP contribution in [-0.4, -0.2) is 44.7 Å². The van der Waals surface area contributed by atoms with E-state index in [-0.39, 0.29) is 18.6 Å². The quantitative estimate of drug-likeness (QED) is 0.718. The average Bonchev–Trinajstić information content (AvgIpc) is 2.46. The SMILES string of the molecule is O=C(N[C@H](CCO)C(=O)O)c1cccc2nccnc12. The summed E-state index contributed by atoms with van der Waals surface area (Å²) in [5.74, 6) is -1.75. The first kappa shape index (κ1) is 13.9. The maximum atomic E-state index is 12.1. The van der Waals surface area contributed by atoms with Crippen LogP contribution in [0.1, 0.15) is 16.8 Å². The van der Waals surface area contributed by atoms with Crippen LogP contribution in [0, 0.1) is 0 Å². The summed E-state index contributed by atoms with van der Waals surface area (Å²) >= 11 is 0. The zero-order valence-electron chi connectivity index (χ0n) is 10.5. The molecule has 1 heterocycles. The van der Waals surface area contributed by atoms with Crippen molar-refractivity contribution in [2.75, 3.05) is 6.61 Å². The van der Waals surface area contributed by atoms with Gasteiger partial charge in [0.1, 0.15) is 11.6 Å². The van der Waals surface area contributed by atoms with E-state index in [4.69, 9.17) is 10.2 Å². The second-order valence-corrected chi connectivity index (χ2v) is 4.11. The van der Waals surface area contributed by atoms with Gasteiger partial charge in [0.15, 0.2) is 0 Å². The van der Waals surface area contributed by atoms with E-state index in [0.29, 0.717) is 11.0 Å². The molecule has 0 aliphatic heterocycles. The summed E-state index contributed by atoms with van der Waals surface area (Å²) in [6.45, 7) is -0.327. The zero-order valence-corrected chi connectivity index (χ0v) is 10.5. The predicted molar refractivity (Wildman–Crippen MR) is 70.1 cm³/mol. The molecule has 7 nitrogen and oxygen atoms in total. The number of aliphatic hydroxyl groups is 1. The van der Waals surface area contributed by atoms with Crippen LogP contribution in [0.4, 0.5) is 0 Å². The third kappa shape index (κ3) is 2.89. The molecule has 1 atom stereocenters. The van der Waals surface area contributed by atoms with Crippen LogP contribution in [-0.2, 0) is 4.79 Å². The topological polar surface area (TPSA) is 112 Å². The van der Waals surface area contributed by atoms with Crippen LogP contribution >= 0.6 is 0 Å². The Morgan fingerprint density at radius 1 is 1.25 bits per heavy atom. The number of benzene rings is 1. The molecule has 7 heteroatoms. The number of carboxylic acid groups (broad SMARTS) is 1. The number of carbonyl (C=O) groups is 2. The van der Waals surface area contributed by atoms with Crippen LogP contribution in [0.3, 0.4) is 0 Å². The van der Waals surface area contributed by atoms with Gasteiger partial charge >= 0.3 is 5.97 Å². The van der Waals surface area contributed by atoms with E-state index in [1.807, 2.05) is 0 Å². The number of nitrogens with one attached hydrogen (secondary N) is 1. The first-order valence-corrected chi connectivity index (χ1v) is 5.97. The molecule has 2 aromatic rings. The third-order valence-electron chi connectivity index (χ3n) is 2.76. The standard InChI is InChI=1S/C13H13N3O4/c17-7-4-10(13(19)20)16-12(18)8-2-1-3-9-11(8)15-6-5-14-9/h1-3,5-6,10,17H,4,7H2,(H,16,18)(H,19,20)/t10-/m1/s1. The van der Waals surface area contributed by atoms with Crippen molar-refractivity contribution in [1.29, 1.82) is 0 Å². The highest BCUT2D eigenvalue weighted by Gasteiger charge is 2.21. The van der Waals surface area contributed by atoms with Gasteiger partial charge in [-0.1, -0.05) is 6.07 Å². The number of carbonyl (C=O) groups excluding carboxylic acids is 1. The lowest BCUT2D eigenvalue weighted by atomic mass is 10.1. The summed E-state index contributed by atoms with van der Waals surface area (Å²) in [5.41, 5.74) is 1.20. The second kappa shape index (κ2) is 6.07. The van der Waals surface area contributed by atoms with Gasteiger partial charge in [0.05, 0.1) is 11.1 Å². The minimum absolute atomic E-state index is 0.0580. The number of aliphatic carboxylic acids is 1. The van der Waals surface area contributed by atoms with Gasteiger partial charge in [-0.05, 0) is 12.1 Å². The number of nitrogens with zero attached hydrogens (tertiary/aromatic N) is 2. The van der Waals surface area contributed by atoms with Crippen molar-refractivity contribution in [2.45, 2.75) is 12.5 Å². The summed E-state index contributed by atoms with van der Waals surface area (Å²) in [6, 6.07) is 3.76. The molecular weight excluding hydrogens is 262 g/mol. The lowest BCUT2D eigenvalue weighted by Gasteiger charge is -2.13. The fourth-order valence-corrected chi connectivity index (χ4v) is 1.80. The number of para-hydroxylation sites is 1. The Labute approximate surface area is 114 Å². The molecule has 0 unspecified atom stereocenters. The summed E-state index contributed by atoms with van der Waals surface area (Å²) < 4.78 is 0. The lowest BCUT2D eigenvalue weighted by Crippen LogP contribution is -2.41. The van der Waals surface area contributed by atoms with Crippen LogP contribution in [0.5, 0.6) is 0 Å². The molecule has 0 saturated heterocycles. The maximum absolute atomic E-state index is 12.1. The monoisotopic (exact) mass is 275 g/mol. The Bertz CT molecular complexity index is 639. The Hall–Kier alpha value is -2.54.